The Kier molecular flexibility index (Phi) is 5.82. The third kappa shape index (κ3) is 4.14. The van der Waals surface area contributed by atoms with Crippen molar-refractivity contribution in [1.82, 2.24) is 19.6 Å². The smallest absolute Gasteiger partial charge is 0.284 e. The highest BCUT2D eigenvalue weighted by atomic mass is 16.5. The van der Waals surface area contributed by atoms with Gasteiger partial charge in [0.15, 0.2) is 0 Å². The van der Waals surface area contributed by atoms with E-state index in [1.54, 1.807) is 19.2 Å². The van der Waals surface area contributed by atoms with Crippen LogP contribution in [-0.2, 0) is 0 Å². The highest BCUT2D eigenvalue weighted by molar-refractivity contribution is 5.92. The number of benzene rings is 3. The lowest BCUT2D eigenvalue weighted by Crippen LogP contribution is -2.19. The van der Waals surface area contributed by atoms with Crippen molar-refractivity contribution in [1.29, 1.82) is 0 Å². The molecule has 6 aromatic rings. The number of hydrogen-bond donors (Lipinski definition) is 3. The molecular weight excluding hydrogens is 478 g/mol. The van der Waals surface area contributed by atoms with E-state index in [4.69, 9.17) is 9.84 Å². The lowest BCUT2D eigenvalue weighted by Gasteiger charge is -2.13. The second kappa shape index (κ2) is 9.59. The molecule has 0 radical (unpaired) electrons. The van der Waals surface area contributed by atoms with E-state index < -0.39 is 0 Å². The number of nitrogens with one attached hydrogen (secondary N) is 2. The maximum Gasteiger partial charge on any atom is 0.284 e. The van der Waals surface area contributed by atoms with E-state index in [1.807, 2.05) is 72.8 Å². The fraction of sp³-hybridized carbons (Fsp3) is 0.0333. The van der Waals surface area contributed by atoms with Gasteiger partial charge in [-0.15, -0.1) is 0 Å². The molecule has 3 aromatic heterocycles. The van der Waals surface area contributed by atoms with Crippen LogP contribution < -0.4 is 15.6 Å². The predicted octanol–water partition coefficient (Wildman–Crippen LogP) is 5.88. The number of anilines is 2. The first-order valence-corrected chi connectivity index (χ1v) is 12.0. The Hall–Kier alpha value is -5.37. The van der Waals surface area contributed by atoms with E-state index >= 15 is 0 Å². The molecule has 3 aromatic carbocycles. The highest BCUT2D eigenvalue weighted by Gasteiger charge is 2.23. The van der Waals surface area contributed by atoms with E-state index in [0.29, 0.717) is 39.9 Å². The van der Waals surface area contributed by atoms with Crippen molar-refractivity contribution < 1.29 is 9.84 Å². The lowest BCUT2D eigenvalue weighted by atomic mass is 10.0. The van der Waals surface area contributed by atoms with Crippen LogP contribution in [0.25, 0.3) is 39.2 Å². The van der Waals surface area contributed by atoms with E-state index in [1.165, 1.54) is 22.8 Å². The third-order valence-corrected chi connectivity index (χ3v) is 6.27. The third-order valence-electron chi connectivity index (χ3n) is 6.27. The van der Waals surface area contributed by atoms with Gasteiger partial charge in [-0.2, -0.15) is 9.61 Å². The molecule has 0 saturated carbocycles. The van der Waals surface area contributed by atoms with Crippen LogP contribution in [0.3, 0.4) is 0 Å². The van der Waals surface area contributed by atoms with Gasteiger partial charge in [0.25, 0.3) is 5.56 Å². The topological polar surface area (TPSA) is 105 Å². The molecule has 0 aliphatic rings. The second-order valence-corrected chi connectivity index (χ2v) is 8.65. The number of pyridine rings is 1. The second-order valence-electron chi connectivity index (χ2n) is 8.65. The largest absolute Gasteiger partial charge is 0.508 e. The van der Waals surface area contributed by atoms with Crippen molar-refractivity contribution in [2.45, 2.75) is 0 Å². The predicted molar refractivity (Wildman–Crippen MR) is 148 cm³/mol. The van der Waals surface area contributed by atoms with Gasteiger partial charge in [0.05, 0.1) is 18.2 Å². The first-order valence-electron chi connectivity index (χ1n) is 12.0. The van der Waals surface area contributed by atoms with Crippen molar-refractivity contribution in [3.63, 3.8) is 0 Å². The van der Waals surface area contributed by atoms with Crippen molar-refractivity contribution in [3.8, 4) is 45.0 Å². The molecule has 0 fully saturated rings. The molecule has 0 atom stereocenters. The average molecular weight is 502 g/mol. The quantitative estimate of drug-likeness (QED) is 0.263. The number of nitrogens with zero attached hydrogens (tertiary/aromatic N) is 3. The molecule has 8 nitrogen and oxygen atoms in total. The number of aromatic hydroxyl groups is 1. The van der Waals surface area contributed by atoms with Crippen molar-refractivity contribution >= 4 is 17.3 Å². The minimum absolute atomic E-state index is 0.0533. The SMILES string of the molecule is COc1ccc(-c2c(Nc3cc(O)ccn3)[nH]c3c(-c4ccccc4)c(-c4ccccc4)nn3c2=O)cc1. The van der Waals surface area contributed by atoms with E-state index in [9.17, 15) is 9.90 Å². The van der Waals surface area contributed by atoms with Gasteiger partial charge in [-0.1, -0.05) is 72.8 Å². The van der Waals surface area contributed by atoms with Crippen molar-refractivity contribution in [2.24, 2.45) is 0 Å². The zero-order valence-corrected chi connectivity index (χ0v) is 20.4. The van der Waals surface area contributed by atoms with Crippen molar-refractivity contribution in [2.75, 3.05) is 12.4 Å². The van der Waals surface area contributed by atoms with Gasteiger partial charge in [0.1, 0.15) is 34.5 Å². The van der Waals surface area contributed by atoms with E-state index in [2.05, 4.69) is 15.3 Å². The van der Waals surface area contributed by atoms with Gasteiger partial charge in [0.2, 0.25) is 0 Å². The van der Waals surface area contributed by atoms with Gasteiger partial charge >= 0.3 is 0 Å². The molecule has 0 unspecified atom stereocenters. The molecular formula is C30H23N5O3. The zero-order valence-electron chi connectivity index (χ0n) is 20.4. The van der Waals surface area contributed by atoms with Gasteiger partial charge in [0, 0.05) is 17.8 Å². The van der Waals surface area contributed by atoms with Crippen LogP contribution in [0.1, 0.15) is 0 Å². The van der Waals surface area contributed by atoms with E-state index in [0.717, 1.165) is 16.7 Å². The Bertz CT molecular complexity index is 1790. The molecule has 3 N–H and O–H groups in total. The minimum Gasteiger partial charge on any atom is -0.508 e. The van der Waals surface area contributed by atoms with Crippen LogP contribution >= 0.6 is 0 Å². The highest BCUT2D eigenvalue weighted by Crippen LogP contribution is 2.36. The molecule has 0 saturated heterocycles. The van der Waals surface area contributed by atoms with Gasteiger partial charge in [-0.05, 0) is 29.3 Å². The Labute approximate surface area is 217 Å². The number of aromatic amines is 1. The summed E-state index contributed by atoms with van der Waals surface area (Å²) in [6.07, 6.45) is 1.49. The Morgan fingerprint density at radius 1 is 0.842 bits per heavy atom. The number of rotatable bonds is 6. The number of aromatic nitrogens is 4. The number of methoxy groups -OCH3 is 1. The molecule has 8 heteroatoms. The number of fused-ring (bicyclic) bond motifs is 1. The van der Waals surface area contributed by atoms with Gasteiger partial charge < -0.3 is 20.1 Å². The Morgan fingerprint density at radius 2 is 1.50 bits per heavy atom. The monoisotopic (exact) mass is 501 g/mol. The summed E-state index contributed by atoms with van der Waals surface area (Å²) in [5.41, 5.74) is 4.52. The van der Waals surface area contributed by atoms with E-state index in [-0.39, 0.29) is 11.3 Å². The van der Waals surface area contributed by atoms with Crippen molar-refractivity contribution in [3.05, 3.63) is 114 Å². The molecule has 0 aliphatic heterocycles. The van der Waals surface area contributed by atoms with Gasteiger partial charge in [-0.25, -0.2) is 4.98 Å². The first kappa shape index (κ1) is 23.1. The summed E-state index contributed by atoms with van der Waals surface area (Å²) in [6, 6.07) is 29.8. The fourth-order valence-corrected chi connectivity index (χ4v) is 4.49. The first-order chi connectivity index (χ1) is 18.6. The maximum atomic E-state index is 14.1. The molecule has 3 heterocycles. The molecule has 6 rings (SSSR count). The summed E-state index contributed by atoms with van der Waals surface area (Å²) in [6.45, 7) is 0. The lowest BCUT2D eigenvalue weighted by molar-refractivity contribution is 0.415. The van der Waals surface area contributed by atoms with Crippen LogP contribution in [0.2, 0.25) is 0 Å². The summed E-state index contributed by atoms with van der Waals surface area (Å²) >= 11 is 0. The number of ether oxygens (including phenoxy) is 1. The minimum atomic E-state index is -0.314. The van der Waals surface area contributed by atoms with Crippen LogP contribution in [-0.4, -0.2) is 31.8 Å². The summed E-state index contributed by atoms with van der Waals surface area (Å²) < 4.78 is 6.71. The van der Waals surface area contributed by atoms with Crippen LogP contribution in [0.15, 0.2) is 108 Å². The number of H-pyrrole nitrogens is 1. The van der Waals surface area contributed by atoms with Crippen LogP contribution in [0.5, 0.6) is 11.5 Å². The van der Waals surface area contributed by atoms with Crippen LogP contribution in [0, 0.1) is 0 Å². The summed E-state index contributed by atoms with van der Waals surface area (Å²) in [5, 5.41) is 18.0. The molecule has 0 amide bonds. The molecule has 186 valence electrons. The van der Waals surface area contributed by atoms with Crippen LogP contribution in [0.4, 0.5) is 11.6 Å². The Balaban J connectivity index is 1.67. The molecule has 0 aliphatic carbocycles. The summed E-state index contributed by atoms with van der Waals surface area (Å²) in [5.74, 6) is 1.52. The summed E-state index contributed by atoms with van der Waals surface area (Å²) in [7, 11) is 1.59. The number of hydrogen-bond acceptors (Lipinski definition) is 6. The maximum absolute atomic E-state index is 14.1. The molecule has 38 heavy (non-hydrogen) atoms. The average Bonchev–Trinajstić information content (AvgIpc) is 3.34. The fourth-order valence-electron chi connectivity index (χ4n) is 4.49. The standard InChI is InChI=1S/C30H23N5O3/c1-38-23-14-12-20(13-15-23)26-28(32-24-18-22(36)16-17-31-24)33-29-25(19-8-4-2-5-9-19)27(34-35(29)30(26)37)21-10-6-3-7-11-21/h2-18,33H,1H3,(H2,31,32,36). The zero-order chi connectivity index (χ0) is 26.1. The van der Waals surface area contributed by atoms with Gasteiger partial charge in [-0.3, -0.25) is 4.79 Å². The summed E-state index contributed by atoms with van der Waals surface area (Å²) in [4.78, 5) is 21.9. The Morgan fingerprint density at radius 3 is 2.16 bits per heavy atom. The molecule has 0 bridgehead atoms. The normalized spacial score (nSPS) is 11.0. The molecule has 0 spiro atoms.